The van der Waals surface area contributed by atoms with E-state index in [4.69, 9.17) is 21.1 Å². The Balaban J connectivity index is 1.67. The number of nitrogens with zero attached hydrogens (tertiary/aromatic N) is 3. The van der Waals surface area contributed by atoms with Crippen LogP contribution in [0.15, 0.2) is 47.4 Å². The molecular formula is C23H28ClN3O5S. The maximum atomic E-state index is 13.5. The largest absolute Gasteiger partial charge is 0.379 e. The number of anilines is 1. The summed E-state index contributed by atoms with van der Waals surface area (Å²) < 4.78 is 38.6. The van der Waals surface area contributed by atoms with Gasteiger partial charge in [0.2, 0.25) is 10.0 Å². The van der Waals surface area contributed by atoms with Crippen molar-refractivity contribution < 1.29 is 22.7 Å². The molecule has 0 unspecified atom stereocenters. The van der Waals surface area contributed by atoms with Crippen LogP contribution in [0.3, 0.4) is 0 Å². The lowest BCUT2D eigenvalue weighted by Crippen LogP contribution is -2.41. The van der Waals surface area contributed by atoms with Crippen LogP contribution in [0.5, 0.6) is 0 Å². The van der Waals surface area contributed by atoms with E-state index in [9.17, 15) is 13.2 Å². The van der Waals surface area contributed by atoms with Gasteiger partial charge in [0.05, 0.1) is 36.9 Å². The zero-order valence-corrected chi connectivity index (χ0v) is 20.1. The fourth-order valence-electron chi connectivity index (χ4n) is 4.00. The molecule has 178 valence electrons. The Labute approximate surface area is 199 Å². The molecule has 0 spiro atoms. The highest BCUT2D eigenvalue weighted by Crippen LogP contribution is 2.28. The Bertz CT molecular complexity index is 1080. The third-order valence-electron chi connectivity index (χ3n) is 5.84. The standard InChI is InChI=1S/C23H28ClN3O5S/c1-25(17-18-2-4-19(24)5-3-18)23(28)21-16-20(33(29,30)27-10-14-32-15-11-27)6-7-22(21)26-8-12-31-13-9-26/h2-7,16H,8-15,17H2,1H3. The summed E-state index contributed by atoms with van der Waals surface area (Å²) in [4.78, 5) is 17.3. The second kappa shape index (κ2) is 10.4. The molecule has 33 heavy (non-hydrogen) atoms. The van der Waals surface area contributed by atoms with Gasteiger partial charge in [-0.05, 0) is 35.9 Å². The van der Waals surface area contributed by atoms with Crippen LogP contribution in [0.2, 0.25) is 5.02 Å². The molecule has 0 bridgehead atoms. The van der Waals surface area contributed by atoms with E-state index in [1.807, 2.05) is 12.1 Å². The molecule has 0 aromatic heterocycles. The van der Waals surface area contributed by atoms with Gasteiger partial charge in [-0.15, -0.1) is 0 Å². The number of carbonyl (C=O) groups excluding carboxylic acids is 1. The molecule has 0 radical (unpaired) electrons. The van der Waals surface area contributed by atoms with E-state index >= 15 is 0 Å². The minimum atomic E-state index is -3.73. The summed E-state index contributed by atoms with van der Waals surface area (Å²) in [6, 6.07) is 12.1. The molecule has 0 saturated carbocycles. The first-order valence-electron chi connectivity index (χ1n) is 10.9. The molecule has 2 aliphatic heterocycles. The molecule has 0 aliphatic carbocycles. The van der Waals surface area contributed by atoms with Gasteiger partial charge >= 0.3 is 0 Å². The van der Waals surface area contributed by atoms with Gasteiger partial charge in [-0.1, -0.05) is 23.7 Å². The molecule has 0 atom stereocenters. The lowest BCUT2D eigenvalue weighted by Gasteiger charge is -2.32. The Hall–Kier alpha value is -2.17. The van der Waals surface area contributed by atoms with Crippen molar-refractivity contribution in [3.63, 3.8) is 0 Å². The fraction of sp³-hybridized carbons (Fsp3) is 0.435. The quantitative estimate of drug-likeness (QED) is 0.615. The van der Waals surface area contributed by atoms with Crippen molar-refractivity contribution in [3.8, 4) is 0 Å². The average molecular weight is 494 g/mol. The number of benzene rings is 2. The molecule has 2 fully saturated rings. The monoisotopic (exact) mass is 493 g/mol. The highest BCUT2D eigenvalue weighted by Gasteiger charge is 2.29. The second-order valence-electron chi connectivity index (χ2n) is 8.08. The van der Waals surface area contributed by atoms with Crippen LogP contribution in [0.1, 0.15) is 15.9 Å². The van der Waals surface area contributed by atoms with Crippen molar-refractivity contribution in [2.24, 2.45) is 0 Å². The average Bonchev–Trinajstić information content (AvgIpc) is 2.85. The number of hydrogen-bond acceptors (Lipinski definition) is 6. The van der Waals surface area contributed by atoms with Gasteiger partial charge in [0.1, 0.15) is 0 Å². The van der Waals surface area contributed by atoms with Gasteiger partial charge in [0.15, 0.2) is 0 Å². The Kier molecular flexibility index (Phi) is 7.55. The fourth-order valence-corrected chi connectivity index (χ4v) is 5.56. The predicted molar refractivity (Wildman–Crippen MR) is 126 cm³/mol. The number of rotatable bonds is 6. The number of amides is 1. The number of morpholine rings is 2. The zero-order chi connectivity index (χ0) is 23.4. The number of sulfonamides is 1. The predicted octanol–water partition coefficient (Wildman–Crippen LogP) is 2.47. The van der Waals surface area contributed by atoms with E-state index < -0.39 is 10.0 Å². The van der Waals surface area contributed by atoms with Crippen molar-refractivity contribution in [3.05, 3.63) is 58.6 Å². The topological polar surface area (TPSA) is 79.4 Å². The molecule has 2 aromatic rings. The van der Waals surface area contributed by atoms with Crippen molar-refractivity contribution in [1.82, 2.24) is 9.21 Å². The van der Waals surface area contributed by atoms with E-state index in [1.165, 1.54) is 10.4 Å². The first-order valence-corrected chi connectivity index (χ1v) is 12.7. The number of ether oxygens (including phenoxy) is 2. The molecular weight excluding hydrogens is 466 g/mol. The second-order valence-corrected chi connectivity index (χ2v) is 10.5. The molecule has 2 aliphatic rings. The van der Waals surface area contributed by atoms with E-state index in [-0.39, 0.29) is 10.8 Å². The summed E-state index contributed by atoms with van der Waals surface area (Å²) in [5, 5.41) is 0.628. The molecule has 10 heteroatoms. The lowest BCUT2D eigenvalue weighted by atomic mass is 10.1. The highest BCUT2D eigenvalue weighted by atomic mass is 35.5. The van der Waals surface area contributed by atoms with Gasteiger partial charge in [0, 0.05) is 50.5 Å². The van der Waals surface area contributed by atoms with Crippen molar-refractivity contribution in [2.45, 2.75) is 11.4 Å². The Morgan fingerprint density at radius 1 is 0.970 bits per heavy atom. The first-order chi connectivity index (χ1) is 15.9. The van der Waals surface area contributed by atoms with E-state index in [0.717, 1.165) is 5.56 Å². The molecule has 2 aromatic carbocycles. The molecule has 2 saturated heterocycles. The molecule has 4 rings (SSSR count). The van der Waals surface area contributed by atoms with Crippen LogP contribution in [0.4, 0.5) is 5.69 Å². The Morgan fingerprint density at radius 3 is 2.21 bits per heavy atom. The van der Waals surface area contributed by atoms with Gasteiger partial charge in [0.25, 0.3) is 5.91 Å². The summed E-state index contributed by atoms with van der Waals surface area (Å²) in [6.07, 6.45) is 0. The van der Waals surface area contributed by atoms with Crippen molar-refractivity contribution >= 4 is 33.2 Å². The minimum Gasteiger partial charge on any atom is -0.379 e. The summed E-state index contributed by atoms with van der Waals surface area (Å²) >= 11 is 5.97. The lowest BCUT2D eigenvalue weighted by molar-refractivity contribution is 0.0730. The van der Waals surface area contributed by atoms with Gasteiger partial charge in [-0.3, -0.25) is 4.79 Å². The van der Waals surface area contributed by atoms with E-state index in [0.29, 0.717) is 75.4 Å². The van der Waals surface area contributed by atoms with E-state index in [1.54, 1.807) is 36.2 Å². The van der Waals surface area contributed by atoms with E-state index in [2.05, 4.69) is 4.90 Å². The van der Waals surface area contributed by atoms with Crippen LogP contribution >= 0.6 is 11.6 Å². The zero-order valence-electron chi connectivity index (χ0n) is 18.6. The summed E-state index contributed by atoms with van der Waals surface area (Å²) in [7, 11) is -2.02. The molecule has 8 nitrogen and oxygen atoms in total. The summed E-state index contributed by atoms with van der Waals surface area (Å²) in [6.45, 7) is 4.08. The molecule has 1 amide bonds. The van der Waals surface area contributed by atoms with Crippen LogP contribution < -0.4 is 4.90 Å². The highest BCUT2D eigenvalue weighted by molar-refractivity contribution is 7.89. The third-order valence-corrected chi connectivity index (χ3v) is 7.98. The Morgan fingerprint density at radius 2 is 1.58 bits per heavy atom. The minimum absolute atomic E-state index is 0.115. The summed E-state index contributed by atoms with van der Waals surface area (Å²) in [5.74, 6) is -0.245. The third kappa shape index (κ3) is 5.50. The van der Waals surface area contributed by atoms with Crippen molar-refractivity contribution in [1.29, 1.82) is 0 Å². The summed E-state index contributed by atoms with van der Waals surface area (Å²) in [5.41, 5.74) is 2.01. The van der Waals surface area contributed by atoms with Crippen LogP contribution in [0.25, 0.3) is 0 Å². The number of halogens is 1. The normalized spacial score (nSPS) is 17.7. The first kappa shape index (κ1) is 24.0. The maximum absolute atomic E-state index is 13.5. The SMILES string of the molecule is CN(Cc1ccc(Cl)cc1)C(=O)c1cc(S(=O)(=O)N2CCOCC2)ccc1N1CCOCC1. The molecule has 0 N–H and O–H groups in total. The van der Waals surface area contributed by atoms with Gasteiger partial charge in [-0.25, -0.2) is 8.42 Å². The van der Waals surface area contributed by atoms with Gasteiger partial charge in [-0.2, -0.15) is 4.31 Å². The van der Waals surface area contributed by atoms with Crippen LogP contribution in [-0.4, -0.2) is 83.2 Å². The van der Waals surface area contributed by atoms with Crippen LogP contribution in [-0.2, 0) is 26.0 Å². The number of carbonyl (C=O) groups is 1. The van der Waals surface area contributed by atoms with Gasteiger partial charge < -0.3 is 19.3 Å². The van der Waals surface area contributed by atoms with Crippen molar-refractivity contribution in [2.75, 3.05) is 64.6 Å². The maximum Gasteiger partial charge on any atom is 0.256 e. The van der Waals surface area contributed by atoms with Crippen LogP contribution in [0, 0.1) is 0 Å². The smallest absolute Gasteiger partial charge is 0.256 e. The molecule has 2 heterocycles. The number of hydrogen-bond donors (Lipinski definition) is 0.